The van der Waals surface area contributed by atoms with Crippen molar-refractivity contribution in [2.24, 2.45) is 0 Å². The van der Waals surface area contributed by atoms with Gasteiger partial charge in [-0.2, -0.15) is 13.2 Å². The van der Waals surface area contributed by atoms with E-state index in [9.17, 15) is 22.8 Å². The standard InChI is InChI=1S/C12H8F3N3O3/c13-12(14,15)6-1-2-7(11(20)21)8(3-6)18-10(19)9-4-16-5-17-9/h1-5H,(H,16,17)(H,18,19)(H,20,21). The van der Waals surface area contributed by atoms with E-state index >= 15 is 0 Å². The molecule has 1 heterocycles. The van der Waals surface area contributed by atoms with Crippen LogP contribution in [0.25, 0.3) is 0 Å². The first-order chi connectivity index (χ1) is 9.79. The molecule has 0 aliphatic carbocycles. The Balaban J connectivity index is 2.39. The number of benzene rings is 1. The van der Waals surface area contributed by atoms with Gasteiger partial charge in [0.15, 0.2) is 0 Å². The van der Waals surface area contributed by atoms with Crippen LogP contribution < -0.4 is 5.32 Å². The fraction of sp³-hybridized carbons (Fsp3) is 0.0833. The number of amides is 1. The van der Waals surface area contributed by atoms with Crippen LogP contribution in [0.1, 0.15) is 26.4 Å². The molecule has 110 valence electrons. The zero-order chi connectivity index (χ0) is 15.6. The van der Waals surface area contributed by atoms with Gasteiger partial charge in [0.2, 0.25) is 0 Å². The molecule has 0 unspecified atom stereocenters. The van der Waals surface area contributed by atoms with Gasteiger partial charge in [0.1, 0.15) is 5.69 Å². The van der Waals surface area contributed by atoms with Gasteiger partial charge < -0.3 is 15.4 Å². The molecule has 9 heteroatoms. The fourth-order valence-corrected chi connectivity index (χ4v) is 1.58. The molecule has 0 radical (unpaired) electrons. The lowest BCUT2D eigenvalue weighted by atomic mass is 10.1. The number of carboxylic acids is 1. The Bertz CT molecular complexity index is 681. The molecule has 6 nitrogen and oxygen atoms in total. The number of carbonyl (C=O) groups excluding carboxylic acids is 1. The van der Waals surface area contributed by atoms with E-state index in [1.54, 1.807) is 0 Å². The number of rotatable bonds is 3. The number of imidazole rings is 1. The number of halogens is 3. The molecule has 0 atom stereocenters. The van der Waals surface area contributed by atoms with Gasteiger partial charge in [-0.15, -0.1) is 0 Å². The molecule has 2 rings (SSSR count). The number of nitrogens with one attached hydrogen (secondary N) is 2. The van der Waals surface area contributed by atoms with Gasteiger partial charge >= 0.3 is 12.1 Å². The van der Waals surface area contributed by atoms with Crippen molar-refractivity contribution in [3.8, 4) is 0 Å². The number of aromatic amines is 1. The Kier molecular flexibility index (Phi) is 3.66. The van der Waals surface area contributed by atoms with Crippen molar-refractivity contribution in [1.82, 2.24) is 9.97 Å². The number of alkyl halides is 3. The Morgan fingerprint density at radius 2 is 2.00 bits per heavy atom. The summed E-state index contributed by atoms with van der Waals surface area (Å²) in [5, 5.41) is 11.1. The molecule has 21 heavy (non-hydrogen) atoms. The minimum atomic E-state index is -4.65. The van der Waals surface area contributed by atoms with Crippen LogP contribution in [0.5, 0.6) is 0 Å². The zero-order valence-electron chi connectivity index (χ0n) is 10.2. The molecule has 3 N–H and O–H groups in total. The highest BCUT2D eigenvalue weighted by Crippen LogP contribution is 2.32. The molecule has 0 aliphatic heterocycles. The first-order valence-electron chi connectivity index (χ1n) is 5.53. The molecule has 0 aliphatic rings. The zero-order valence-corrected chi connectivity index (χ0v) is 10.2. The van der Waals surface area contributed by atoms with E-state index in [1.165, 1.54) is 6.33 Å². The van der Waals surface area contributed by atoms with Gasteiger partial charge in [0.25, 0.3) is 5.91 Å². The molecular weight excluding hydrogens is 291 g/mol. The number of hydrogen-bond donors (Lipinski definition) is 3. The van der Waals surface area contributed by atoms with Gasteiger partial charge in [-0.1, -0.05) is 0 Å². The third kappa shape index (κ3) is 3.19. The van der Waals surface area contributed by atoms with Crippen LogP contribution in [0.3, 0.4) is 0 Å². The van der Waals surface area contributed by atoms with Crippen LogP contribution in [-0.4, -0.2) is 27.0 Å². The van der Waals surface area contributed by atoms with Crippen molar-refractivity contribution in [2.45, 2.75) is 6.18 Å². The third-order valence-corrected chi connectivity index (χ3v) is 2.57. The van der Waals surface area contributed by atoms with Crippen molar-refractivity contribution in [2.75, 3.05) is 5.32 Å². The summed E-state index contributed by atoms with van der Waals surface area (Å²) in [5.41, 5.74) is -1.97. The lowest BCUT2D eigenvalue weighted by molar-refractivity contribution is -0.137. The predicted molar refractivity (Wildman–Crippen MR) is 64.9 cm³/mol. The summed E-state index contributed by atoms with van der Waals surface area (Å²) in [6.45, 7) is 0. The number of nitrogens with zero attached hydrogens (tertiary/aromatic N) is 1. The monoisotopic (exact) mass is 299 g/mol. The van der Waals surface area contributed by atoms with Gasteiger partial charge in [0, 0.05) is 0 Å². The van der Waals surface area contributed by atoms with E-state index in [-0.39, 0.29) is 5.69 Å². The smallest absolute Gasteiger partial charge is 0.416 e. The first-order valence-corrected chi connectivity index (χ1v) is 5.53. The number of anilines is 1. The SMILES string of the molecule is O=C(Nc1cc(C(F)(F)F)ccc1C(=O)O)c1cnc[nH]1. The number of carbonyl (C=O) groups is 2. The number of aromatic carboxylic acids is 1. The second-order valence-electron chi connectivity index (χ2n) is 3.98. The maximum absolute atomic E-state index is 12.6. The van der Waals surface area contributed by atoms with Crippen molar-refractivity contribution in [3.05, 3.63) is 47.5 Å². The van der Waals surface area contributed by atoms with Crippen molar-refractivity contribution in [1.29, 1.82) is 0 Å². The summed E-state index contributed by atoms with van der Waals surface area (Å²) in [4.78, 5) is 28.8. The van der Waals surface area contributed by atoms with E-state index in [4.69, 9.17) is 5.11 Å². The van der Waals surface area contributed by atoms with Crippen molar-refractivity contribution < 1.29 is 27.9 Å². The summed E-state index contributed by atoms with van der Waals surface area (Å²) in [6.07, 6.45) is -2.28. The van der Waals surface area contributed by atoms with Crippen LogP contribution >= 0.6 is 0 Å². The number of carboxylic acid groups (broad SMARTS) is 1. The van der Waals surface area contributed by atoms with E-state index in [2.05, 4.69) is 15.3 Å². The highest BCUT2D eigenvalue weighted by molar-refractivity contribution is 6.06. The van der Waals surface area contributed by atoms with Crippen LogP contribution in [-0.2, 0) is 6.18 Å². The lowest BCUT2D eigenvalue weighted by Crippen LogP contribution is -2.16. The van der Waals surface area contributed by atoms with E-state index in [0.29, 0.717) is 12.1 Å². The quantitative estimate of drug-likeness (QED) is 0.811. The van der Waals surface area contributed by atoms with Gasteiger partial charge in [-0.25, -0.2) is 9.78 Å². The van der Waals surface area contributed by atoms with Crippen LogP contribution in [0.15, 0.2) is 30.7 Å². The molecule has 0 saturated carbocycles. The van der Waals surface area contributed by atoms with Crippen LogP contribution in [0, 0.1) is 0 Å². The number of aromatic nitrogens is 2. The highest BCUT2D eigenvalue weighted by Gasteiger charge is 2.31. The molecule has 1 aromatic heterocycles. The summed E-state index contributed by atoms with van der Waals surface area (Å²) < 4.78 is 37.9. The fourth-order valence-electron chi connectivity index (χ4n) is 1.58. The number of hydrogen-bond acceptors (Lipinski definition) is 3. The second-order valence-corrected chi connectivity index (χ2v) is 3.98. The summed E-state index contributed by atoms with van der Waals surface area (Å²) in [6, 6.07) is 1.99. The lowest BCUT2D eigenvalue weighted by Gasteiger charge is -2.12. The average molecular weight is 299 g/mol. The molecule has 0 saturated heterocycles. The highest BCUT2D eigenvalue weighted by atomic mass is 19.4. The van der Waals surface area contributed by atoms with E-state index < -0.39 is 34.9 Å². The molecule has 2 aromatic rings. The molecule has 0 bridgehead atoms. The third-order valence-electron chi connectivity index (χ3n) is 2.57. The van der Waals surface area contributed by atoms with Gasteiger partial charge in [0.05, 0.1) is 29.3 Å². The van der Waals surface area contributed by atoms with Gasteiger partial charge in [-0.3, -0.25) is 4.79 Å². The Morgan fingerprint density at radius 3 is 2.52 bits per heavy atom. The minimum absolute atomic E-state index is 0.0104. The number of H-pyrrole nitrogens is 1. The van der Waals surface area contributed by atoms with E-state index in [0.717, 1.165) is 12.3 Å². The summed E-state index contributed by atoms with van der Waals surface area (Å²) >= 11 is 0. The predicted octanol–water partition coefficient (Wildman–Crippen LogP) is 2.38. The average Bonchev–Trinajstić information content (AvgIpc) is 2.91. The Labute approximate surface area is 115 Å². The second kappa shape index (κ2) is 5.27. The van der Waals surface area contributed by atoms with E-state index in [1.807, 2.05) is 0 Å². The molecule has 0 fully saturated rings. The maximum atomic E-state index is 12.6. The minimum Gasteiger partial charge on any atom is -0.478 e. The molecule has 1 amide bonds. The van der Waals surface area contributed by atoms with Gasteiger partial charge in [-0.05, 0) is 18.2 Å². The van der Waals surface area contributed by atoms with Crippen LogP contribution in [0.2, 0.25) is 0 Å². The summed E-state index contributed by atoms with van der Waals surface area (Å²) in [5.74, 6) is -2.25. The first kappa shape index (κ1) is 14.6. The molecule has 0 spiro atoms. The Hall–Kier alpha value is -2.84. The maximum Gasteiger partial charge on any atom is 0.416 e. The molecular formula is C12H8F3N3O3. The van der Waals surface area contributed by atoms with Crippen LogP contribution in [0.4, 0.5) is 18.9 Å². The Morgan fingerprint density at radius 1 is 1.29 bits per heavy atom. The molecule has 1 aromatic carbocycles. The topological polar surface area (TPSA) is 95.1 Å². The van der Waals surface area contributed by atoms with Crippen molar-refractivity contribution >= 4 is 17.6 Å². The van der Waals surface area contributed by atoms with Crippen molar-refractivity contribution in [3.63, 3.8) is 0 Å². The normalized spacial score (nSPS) is 11.2. The largest absolute Gasteiger partial charge is 0.478 e. The summed E-state index contributed by atoms with van der Waals surface area (Å²) in [7, 11) is 0.